The van der Waals surface area contributed by atoms with Gasteiger partial charge in [0.05, 0.1) is 18.6 Å². The molecule has 1 rings (SSSR count). The van der Waals surface area contributed by atoms with Crippen LogP contribution in [0.1, 0.15) is 25.8 Å². The lowest BCUT2D eigenvalue weighted by molar-refractivity contribution is -0.147. The summed E-state index contributed by atoms with van der Waals surface area (Å²) in [6.07, 6.45) is 0.245. The Morgan fingerprint density at radius 2 is 1.79 bits per heavy atom. The van der Waals surface area contributed by atoms with Gasteiger partial charge in [-0.2, -0.15) is 0 Å². The standard InChI is InChI=1S/C15H24O3Si/c1-6-17-14(16)12-15(2,18-19(3,4)5)13-10-8-7-9-11-13/h7-11H,6,12H2,1-5H3. The topological polar surface area (TPSA) is 35.5 Å². The molecule has 0 radical (unpaired) electrons. The molecule has 0 spiro atoms. The minimum Gasteiger partial charge on any atom is -0.466 e. The van der Waals surface area contributed by atoms with E-state index in [1.807, 2.05) is 44.2 Å². The largest absolute Gasteiger partial charge is 0.466 e. The van der Waals surface area contributed by atoms with Crippen molar-refractivity contribution in [1.29, 1.82) is 0 Å². The van der Waals surface area contributed by atoms with E-state index in [9.17, 15) is 4.79 Å². The van der Waals surface area contributed by atoms with E-state index in [-0.39, 0.29) is 12.4 Å². The second kappa shape index (κ2) is 6.35. The van der Waals surface area contributed by atoms with Gasteiger partial charge in [0.15, 0.2) is 8.32 Å². The molecule has 19 heavy (non-hydrogen) atoms. The van der Waals surface area contributed by atoms with Crippen LogP contribution in [0.5, 0.6) is 0 Å². The van der Waals surface area contributed by atoms with Crippen LogP contribution in [0.4, 0.5) is 0 Å². The van der Waals surface area contributed by atoms with Gasteiger partial charge in [0.1, 0.15) is 0 Å². The molecule has 0 aliphatic carbocycles. The van der Waals surface area contributed by atoms with Crippen molar-refractivity contribution >= 4 is 14.3 Å². The predicted octanol–water partition coefficient (Wildman–Crippen LogP) is 3.71. The van der Waals surface area contributed by atoms with Crippen LogP contribution >= 0.6 is 0 Å². The minimum absolute atomic E-state index is 0.216. The highest BCUT2D eigenvalue weighted by atomic mass is 28.4. The number of esters is 1. The molecule has 1 aromatic rings. The van der Waals surface area contributed by atoms with Gasteiger partial charge < -0.3 is 9.16 Å². The molecule has 1 atom stereocenters. The monoisotopic (exact) mass is 280 g/mol. The van der Waals surface area contributed by atoms with Gasteiger partial charge in [-0.05, 0) is 39.1 Å². The van der Waals surface area contributed by atoms with E-state index in [1.54, 1.807) is 0 Å². The Kier molecular flexibility index (Phi) is 5.32. The second-order valence-electron chi connectivity index (χ2n) is 5.79. The van der Waals surface area contributed by atoms with Gasteiger partial charge in [-0.25, -0.2) is 0 Å². The quantitative estimate of drug-likeness (QED) is 0.588. The van der Waals surface area contributed by atoms with Gasteiger partial charge in [-0.15, -0.1) is 0 Å². The third kappa shape index (κ3) is 5.16. The number of carbonyl (C=O) groups excluding carboxylic acids is 1. The average Bonchev–Trinajstić information content (AvgIpc) is 2.27. The molecule has 0 heterocycles. The Hall–Kier alpha value is -1.13. The molecule has 0 aliphatic rings. The molecule has 0 saturated carbocycles. The highest BCUT2D eigenvalue weighted by Gasteiger charge is 2.35. The maximum atomic E-state index is 11.8. The van der Waals surface area contributed by atoms with Crippen LogP contribution < -0.4 is 0 Å². The first-order valence-corrected chi connectivity index (χ1v) is 10.1. The summed E-state index contributed by atoms with van der Waals surface area (Å²) in [6.45, 7) is 10.6. The van der Waals surface area contributed by atoms with Gasteiger partial charge in [0.2, 0.25) is 0 Å². The first-order valence-electron chi connectivity index (χ1n) is 6.68. The van der Waals surface area contributed by atoms with Crippen molar-refractivity contribution in [2.45, 2.75) is 45.5 Å². The molecule has 4 heteroatoms. The lowest BCUT2D eigenvalue weighted by Crippen LogP contribution is -2.40. The van der Waals surface area contributed by atoms with Crippen molar-refractivity contribution in [3.05, 3.63) is 35.9 Å². The lowest BCUT2D eigenvalue weighted by atomic mass is 9.93. The smallest absolute Gasteiger partial charge is 0.309 e. The van der Waals surface area contributed by atoms with Crippen molar-refractivity contribution in [3.63, 3.8) is 0 Å². The fourth-order valence-corrected chi connectivity index (χ4v) is 3.69. The van der Waals surface area contributed by atoms with Gasteiger partial charge in [-0.1, -0.05) is 30.3 Å². The molecule has 0 aliphatic heterocycles. The number of hydrogen-bond acceptors (Lipinski definition) is 3. The zero-order valence-corrected chi connectivity index (χ0v) is 13.5. The normalized spacial score (nSPS) is 14.8. The van der Waals surface area contributed by atoms with E-state index < -0.39 is 13.9 Å². The van der Waals surface area contributed by atoms with Crippen LogP contribution in [0.2, 0.25) is 19.6 Å². The first-order chi connectivity index (χ1) is 8.77. The molecule has 0 fully saturated rings. The molecule has 106 valence electrons. The van der Waals surface area contributed by atoms with Gasteiger partial charge >= 0.3 is 5.97 Å². The van der Waals surface area contributed by atoms with Crippen molar-refractivity contribution in [2.75, 3.05) is 6.61 Å². The fourth-order valence-electron chi connectivity index (χ4n) is 2.15. The summed E-state index contributed by atoms with van der Waals surface area (Å²) in [6, 6.07) is 9.89. The van der Waals surface area contributed by atoms with Crippen LogP contribution in [0.25, 0.3) is 0 Å². The zero-order valence-electron chi connectivity index (χ0n) is 12.5. The molecule has 3 nitrogen and oxygen atoms in total. The first kappa shape index (κ1) is 15.9. The van der Waals surface area contributed by atoms with Gasteiger partial charge in [-0.3, -0.25) is 4.79 Å². The molecule has 1 aromatic carbocycles. The number of hydrogen-bond donors (Lipinski definition) is 0. The molecule has 0 bridgehead atoms. The SMILES string of the molecule is CCOC(=O)CC(C)(O[Si](C)(C)C)c1ccccc1. The van der Waals surface area contributed by atoms with Crippen molar-refractivity contribution in [1.82, 2.24) is 0 Å². The Bertz CT molecular complexity index is 411. The molecule has 0 saturated heterocycles. The summed E-state index contributed by atoms with van der Waals surface area (Å²) in [5, 5.41) is 0. The maximum Gasteiger partial charge on any atom is 0.309 e. The van der Waals surface area contributed by atoms with E-state index in [2.05, 4.69) is 19.6 Å². The number of carbonyl (C=O) groups is 1. The minimum atomic E-state index is -1.77. The Morgan fingerprint density at radius 1 is 1.21 bits per heavy atom. The Labute approximate surface area is 117 Å². The fraction of sp³-hybridized carbons (Fsp3) is 0.533. The summed E-state index contributed by atoms with van der Waals surface area (Å²) in [5.41, 5.74) is 0.406. The van der Waals surface area contributed by atoms with Crippen molar-refractivity contribution in [2.24, 2.45) is 0 Å². The highest BCUT2D eigenvalue weighted by Crippen LogP contribution is 2.32. The highest BCUT2D eigenvalue weighted by molar-refractivity contribution is 6.69. The second-order valence-corrected chi connectivity index (χ2v) is 10.2. The third-order valence-electron chi connectivity index (χ3n) is 2.70. The number of rotatable bonds is 6. The van der Waals surface area contributed by atoms with Crippen LogP contribution in [0.3, 0.4) is 0 Å². The molecule has 0 amide bonds. The zero-order chi connectivity index (χ0) is 14.5. The van der Waals surface area contributed by atoms with E-state index in [4.69, 9.17) is 9.16 Å². The third-order valence-corrected chi connectivity index (χ3v) is 3.77. The van der Waals surface area contributed by atoms with Crippen LogP contribution in [-0.4, -0.2) is 20.9 Å². The van der Waals surface area contributed by atoms with Crippen molar-refractivity contribution < 1.29 is 14.0 Å². The molecular formula is C15H24O3Si. The van der Waals surface area contributed by atoms with E-state index in [0.29, 0.717) is 6.61 Å². The summed E-state index contributed by atoms with van der Waals surface area (Å²) < 4.78 is 11.3. The van der Waals surface area contributed by atoms with Crippen LogP contribution in [0.15, 0.2) is 30.3 Å². The molecule has 0 N–H and O–H groups in total. The molecule has 0 aromatic heterocycles. The van der Waals surface area contributed by atoms with E-state index in [1.165, 1.54) is 0 Å². The summed E-state index contributed by atoms with van der Waals surface area (Å²) in [4.78, 5) is 11.8. The summed E-state index contributed by atoms with van der Waals surface area (Å²) in [7, 11) is -1.77. The molecular weight excluding hydrogens is 256 g/mol. The summed E-state index contributed by atoms with van der Waals surface area (Å²) in [5.74, 6) is -0.216. The van der Waals surface area contributed by atoms with Crippen LogP contribution in [0, 0.1) is 0 Å². The van der Waals surface area contributed by atoms with E-state index >= 15 is 0 Å². The average molecular weight is 280 g/mol. The van der Waals surface area contributed by atoms with Crippen LogP contribution in [-0.2, 0) is 19.6 Å². The molecule has 1 unspecified atom stereocenters. The van der Waals surface area contributed by atoms with Gasteiger partial charge in [0, 0.05) is 0 Å². The summed E-state index contributed by atoms with van der Waals surface area (Å²) >= 11 is 0. The Morgan fingerprint density at radius 3 is 2.26 bits per heavy atom. The lowest BCUT2D eigenvalue weighted by Gasteiger charge is -2.36. The Balaban J connectivity index is 3.00. The number of ether oxygens (including phenoxy) is 1. The van der Waals surface area contributed by atoms with Gasteiger partial charge in [0.25, 0.3) is 0 Å². The maximum absolute atomic E-state index is 11.8. The van der Waals surface area contributed by atoms with Crippen molar-refractivity contribution in [3.8, 4) is 0 Å². The van der Waals surface area contributed by atoms with E-state index in [0.717, 1.165) is 5.56 Å². The number of benzene rings is 1. The predicted molar refractivity (Wildman–Crippen MR) is 79.5 cm³/mol.